The Bertz CT molecular complexity index is 1980. The number of nitrogens with zero attached hydrogens (tertiary/aromatic N) is 2. The summed E-state index contributed by atoms with van der Waals surface area (Å²) < 4.78 is 17.1. The SMILES string of the molecule is COc1ccc(/C=C(/C#N)c2nc(-c3cc4c(ccc5ccccc54)oc3=O)cs2)cc1OCc1ccccc1. The number of ether oxygens (including phenoxy) is 2. The van der Waals surface area contributed by atoms with Gasteiger partial charge < -0.3 is 13.9 Å². The molecule has 6 rings (SSSR count). The summed E-state index contributed by atoms with van der Waals surface area (Å²) >= 11 is 1.30. The van der Waals surface area contributed by atoms with Gasteiger partial charge in [0.15, 0.2) is 11.5 Å². The van der Waals surface area contributed by atoms with Crippen molar-refractivity contribution in [1.29, 1.82) is 5.26 Å². The summed E-state index contributed by atoms with van der Waals surface area (Å²) in [7, 11) is 1.59. The fourth-order valence-electron chi connectivity index (χ4n) is 4.51. The highest BCUT2D eigenvalue weighted by Gasteiger charge is 2.15. The largest absolute Gasteiger partial charge is 0.493 e. The van der Waals surface area contributed by atoms with Gasteiger partial charge in [-0.1, -0.05) is 66.7 Å². The summed E-state index contributed by atoms with van der Waals surface area (Å²) in [4.78, 5) is 17.5. The lowest BCUT2D eigenvalue weighted by atomic mass is 10.0. The first kappa shape index (κ1) is 25.1. The van der Waals surface area contributed by atoms with Crippen molar-refractivity contribution in [2.75, 3.05) is 7.11 Å². The molecule has 0 aliphatic carbocycles. The number of allylic oxidation sites excluding steroid dienone is 1. The van der Waals surface area contributed by atoms with E-state index < -0.39 is 5.63 Å². The Morgan fingerprint density at radius 1 is 0.975 bits per heavy atom. The van der Waals surface area contributed by atoms with Crippen LogP contribution in [-0.2, 0) is 6.61 Å². The highest BCUT2D eigenvalue weighted by atomic mass is 32.1. The van der Waals surface area contributed by atoms with Gasteiger partial charge in [0.2, 0.25) is 0 Å². The number of hydrogen-bond donors (Lipinski definition) is 0. The van der Waals surface area contributed by atoms with E-state index in [1.165, 1.54) is 11.3 Å². The highest BCUT2D eigenvalue weighted by molar-refractivity contribution is 7.11. The first-order valence-corrected chi connectivity index (χ1v) is 13.4. The number of nitriles is 1. The fraction of sp³-hybridized carbons (Fsp3) is 0.0606. The lowest BCUT2D eigenvalue weighted by molar-refractivity contribution is 0.284. The first-order chi connectivity index (χ1) is 19.6. The van der Waals surface area contributed by atoms with E-state index in [2.05, 4.69) is 11.1 Å². The van der Waals surface area contributed by atoms with Gasteiger partial charge in [0, 0.05) is 10.8 Å². The van der Waals surface area contributed by atoms with Gasteiger partial charge in [-0.2, -0.15) is 5.26 Å². The van der Waals surface area contributed by atoms with Crippen LogP contribution in [0.3, 0.4) is 0 Å². The molecule has 0 fully saturated rings. The van der Waals surface area contributed by atoms with Crippen LogP contribution >= 0.6 is 11.3 Å². The third kappa shape index (κ3) is 4.96. The molecule has 6 aromatic rings. The average Bonchev–Trinajstić information content (AvgIpc) is 3.49. The van der Waals surface area contributed by atoms with Crippen LogP contribution in [0.5, 0.6) is 11.5 Å². The van der Waals surface area contributed by atoms with Gasteiger partial charge >= 0.3 is 5.63 Å². The Hall–Kier alpha value is -5.19. The fourth-order valence-corrected chi connectivity index (χ4v) is 5.30. The Labute approximate surface area is 234 Å². The third-order valence-electron chi connectivity index (χ3n) is 6.51. The van der Waals surface area contributed by atoms with Gasteiger partial charge in [0.25, 0.3) is 0 Å². The van der Waals surface area contributed by atoms with Crippen molar-refractivity contribution in [2.45, 2.75) is 6.61 Å². The molecular formula is C33H22N2O4S. The minimum atomic E-state index is -0.475. The van der Waals surface area contributed by atoms with E-state index in [1.54, 1.807) is 30.7 Å². The van der Waals surface area contributed by atoms with Crippen LogP contribution in [0.25, 0.3) is 44.6 Å². The van der Waals surface area contributed by atoms with E-state index in [9.17, 15) is 10.1 Å². The lowest BCUT2D eigenvalue weighted by Gasteiger charge is -2.11. The summed E-state index contributed by atoms with van der Waals surface area (Å²) in [5.41, 5.74) is 3.02. The number of methoxy groups -OCH3 is 1. The smallest absolute Gasteiger partial charge is 0.345 e. The van der Waals surface area contributed by atoms with Crippen molar-refractivity contribution in [2.24, 2.45) is 0 Å². The summed E-state index contributed by atoms with van der Waals surface area (Å²) in [5, 5.41) is 15.1. The molecule has 0 aliphatic heterocycles. The van der Waals surface area contributed by atoms with Crippen LogP contribution in [0.2, 0.25) is 0 Å². The maximum atomic E-state index is 12.9. The molecule has 6 nitrogen and oxygen atoms in total. The van der Waals surface area contributed by atoms with Gasteiger partial charge in [-0.15, -0.1) is 11.3 Å². The van der Waals surface area contributed by atoms with Gasteiger partial charge in [-0.25, -0.2) is 9.78 Å². The van der Waals surface area contributed by atoms with Gasteiger partial charge in [0.1, 0.15) is 23.3 Å². The van der Waals surface area contributed by atoms with Crippen LogP contribution in [0, 0.1) is 11.3 Å². The summed E-state index contributed by atoms with van der Waals surface area (Å²) in [6.45, 7) is 0.384. The molecule has 2 aromatic heterocycles. The molecule has 0 radical (unpaired) electrons. The normalized spacial score (nSPS) is 11.4. The summed E-state index contributed by atoms with van der Waals surface area (Å²) in [6, 6.07) is 31.1. The molecule has 0 N–H and O–H groups in total. The summed E-state index contributed by atoms with van der Waals surface area (Å²) in [5.74, 6) is 1.16. The van der Waals surface area contributed by atoms with E-state index in [0.717, 1.165) is 27.3 Å². The molecule has 2 heterocycles. The number of thiazole rings is 1. The number of rotatable bonds is 7. The lowest BCUT2D eigenvalue weighted by Crippen LogP contribution is -2.03. The maximum Gasteiger partial charge on any atom is 0.345 e. The van der Waals surface area contributed by atoms with Crippen molar-refractivity contribution in [1.82, 2.24) is 4.98 Å². The molecule has 40 heavy (non-hydrogen) atoms. The molecule has 0 spiro atoms. The molecule has 194 valence electrons. The molecular weight excluding hydrogens is 520 g/mol. The molecule has 0 aliphatic rings. The minimum Gasteiger partial charge on any atom is -0.493 e. The highest BCUT2D eigenvalue weighted by Crippen LogP contribution is 2.33. The van der Waals surface area contributed by atoms with E-state index in [4.69, 9.17) is 13.9 Å². The second-order valence-corrected chi connectivity index (χ2v) is 9.90. The van der Waals surface area contributed by atoms with Crippen molar-refractivity contribution < 1.29 is 13.9 Å². The predicted molar refractivity (Wildman–Crippen MR) is 158 cm³/mol. The Morgan fingerprint density at radius 2 is 1.80 bits per heavy atom. The Balaban J connectivity index is 1.33. The van der Waals surface area contributed by atoms with Crippen LogP contribution in [-0.4, -0.2) is 12.1 Å². The quantitative estimate of drug-likeness (QED) is 0.117. The average molecular weight is 543 g/mol. The zero-order valence-corrected chi connectivity index (χ0v) is 22.3. The molecule has 0 amide bonds. The molecule has 0 bridgehead atoms. The van der Waals surface area contributed by atoms with Gasteiger partial charge in [0.05, 0.1) is 23.9 Å². The van der Waals surface area contributed by atoms with E-state index >= 15 is 0 Å². The standard InChI is InChI=1S/C33H22N2O4S/c1-37-30-13-11-22(16-31(30)38-19-21-7-3-2-4-8-21)15-24(18-34)32-35-28(20-40-32)27-17-26-25-10-6-5-9-23(25)12-14-29(26)39-33(27)36/h2-17,20H,19H2,1H3/b24-15-. The minimum absolute atomic E-state index is 0.352. The third-order valence-corrected chi connectivity index (χ3v) is 7.38. The van der Waals surface area contributed by atoms with E-state index in [-0.39, 0.29) is 0 Å². The number of aromatic nitrogens is 1. The Morgan fingerprint density at radius 3 is 2.62 bits per heavy atom. The van der Waals surface area contributed by atoms with Crippen LogP contribution in [0.15, 0.2) is 106 Å². The number of benzene rings is 4. The van der Waals surface area contributed by atoms with Crippen molar-refractivity contribution in [3.8, 4) is 28.8 Å². The maximum absolute atomic E-state index is 12.9. The molecule has 0 unspecified atom stereocenters. The van der Waals surface area contributed by atoms with Gasteiger partial charge in [-0.05, 0) is 52.2 Å². The topological polar surface area (TPSA) is 85.4 Å². The molecule has 0 saturated heterocycles. The monoisotopic (exact) mass is 542 g/mol. The predicted octanol–water partition coefficient (Wildman–Crippen LogP) is 7.72. The second-order valence-electron chi connectivity index (χ2n) is 9.04. The summed E-state index contributed by atoms with van der Waals surface area (Å²) in [6.07, 6.45) is 1.74. The number of fused-ring (bicyclic) bond motifs is 3. The van der Waals surface area contributed by atoms with E-state index in [0.29, 0.717) is 45.5 Å². The van der Waals surface area contributed by atoms with Crippen molar-refractivity contribution in [3.05, 3.63) is 123 Å². The van der Waals surface area contributed by atoms with Gasteiger partial charge in [-0.3, -0.25) is 0 Å². The van der Waals surface area contributed by atoms with Crippen LogP contribution in [0.4, 0.5) is 0 Å². The molecule has 4 aromatic carbocycles. The van der Waals surface area contributed by atoms with Crippen LogP contribution in [0.1, 0.15) is 16.1 Å². The second kappa shape index (κ2) is 10.9. The molecule has 0 saturated carbocycles. The molecule has 0 atom stereocenters. The first-order valence-electron chi connectivity index (χ1n) is 12.5. The van der Waals surface area contributed by atoms with Crippen molar-refractivity contribution in [3.63, 3.8) is 0 Å². The van der Waals surface area contributed by atoms with Crippen molar-refractivity contribution >= 4 is 44.7 Å². The Kier molecular flexibility index (Phi) is 6.84. The molecule has 7 heteroatoms. The zero-order chi connectivity index (χ0) is 27.5. The van der Waals surface area contributed by atoms with Crippen LogP contribution < -0.4 is 15.1 Å². The van der Waals surface area contributed by atoms with E-state index in [1.807, 2.05) is 78.9 Å². The zero-order valence-electron chi connectivity index (χ0n) is 21.5. The number of hydrogen-bond acceptors (Lipinski definition) is 7.